The van der Waals surface area contributed by atoms with Gasteiger partial charge in [0, 0.05) is 16.7 Å². The summed E-state index contributed by atoms with van der Waals surface area (Å²) in [5, 5.41) is 5.12. The van der Waals surface area contributed by atoms with Gasteiger partial charge in [-0.1, -0.05) is 218 Å². The average Bonchev–Trinajstić information content (AvgIpc) is 3.72. The summed E-state index contributed by atoms with van der Waals surface area (Å²) in [5.74, 6) is 0.785. The lowest BCUT2D eigenvalue weighted by atomic mass is 9.80. The van der Waals surface area contributed by atoms with Crippen molar-refractivity contribution in [2.75, 3.05) is 0 Å². The summed E-state index contributed by atoms with van der Waals surface area (Å²) in [6.45, 7) is 14.2. The van der Waals surface area contributed by atoms with Gasteiger partial charge in [-0.3, -0.25) is 0 Å². The van der Waals surface area contributed by atoms with Gasteiger partial charge in [-0.2, -0.15) is 0 Å². The van der Waals surface area contributed by atoms with E-state index in [4.69, 9.17) is 0 Å². The molecule has 314 valence electrons. The fourth-order valence-electron chi connectivity index (χ4n) is 12.0. The van der Waals surface area contributed by atoms with Gasteiger partial charge in [-0.05, 0) is 152 Å². The Bertz CT molecular complexity index is 3470. The quantitative estimate of drug-likeness (QED) is 0.146. The van der Waals surface area contributed by atoms with Crippen LogP contribution in [0.5, 0.6) is 0 Å². The number of rotatable bonds is 6. The molecule has 0 saturated carbocycles. The topological polar surface area (TPSA) is 0 Å². The van der Waals surface area contributed by atoms with Crippen molar-refractivity contribution in [3.05, 3.63) is 228 Å². The second-order valence-electron chi connectivity index (χ2n) is 20.1. The third kappa shape index (κ3) is 6.10. The standard InChI is InChI=1S/C65H54/c1-40(2)56-37-47(31-32-48(56)42-16-8-7-9-17-42)63-54-21-11-10-20-53(54)62(43-26-24-41(25-27-43)45-28-33-51-49-18-12-14-22-58(49)64(3,4)60(51)38-45)55-35-30-44(36-57(55)63)46-29-34-52-50-19-13-15-23-59(50)65(5,6)61(52)39-46/h7-16,18-40,42H,17H2,1-6H3. The van der Waals surface area contributed by atoms with Crippen molar-refractivity contribution in [3.8, 4) is 66.8 Å². The minimum Gasteiger partial charge on any atom is -0.0836 e. The maximum atomic E-state index is 2.51. The zero-order chi connectivity index (χ0) is 44.2. The van der Waals surface area contributed by atoms with Gasteiger partial charge in [0.15, 0.2) is 0 Å². The predicted octanol–water partition coefficient (Wildman–Crippen LogP) is 18.0. The van der Waals surface area contributed by atoms with E-state index in [0.29, 0.717) is 11.8 Å². The third-order valence-electron chi connectivity index (χ3n) is 15.4. The molecule has 65 heavy (non-hydrogen) atoms. The van der Waals surface area contributed by atoms with E-state index in [0.717, 1.165) is 6.42 Å². The first-order valence-electron chi connectivity index (χ1n) is 23.6. The number of hydrogen-bond acceptors (Lipinski definition) is 0. The van der Waals surface area contributed by atoms with Crippen LogP contribution in [0.4, 0.5) is 0 Å². The molecule has 9 aromatic rings. The predicted molar refractivity (Wildman–Crippen MR) is 278 cm³/mol. The highest BCUT2D eigenvalue weighted by molar-refractivity contribution is 6.22. The number of fused-ring (bicyclic) bond motifs is 8. The summed E-state index contributed by atoms with van der Waals surface area (Å²) in [6, 6.07) is 65.2. The molecule has 9 aromatic carbocycles. The monoisotopic (exact) mass is 834 g/mol. The van der Waals surface area contributed by atoms with E-state index in [9.17, 15) is 0 Å². The van der Waals surface area contributed by atoms with Gasteiger partial charge in [0.1, 0.15) is 0 Å². The molecule has 3 aliphatic rings. The Balaban J connectivity index is 1.04. The fraction of sp³-hybridized carbons (Fsp3) is 0.169. The van der Waals surface area contributed by atoms with Crippen LogP contribution >= 0.6 is 0 Å². The minimum absolute atomic E-state index is 0.0399. The molecule has 0 saturated heterocycles. The minimum atomic E-state index is -0.0707. The molecule has 0 aromatic heterocycles. The normalized spacial score (nSPS) is 16.2. The first kappa shape index (κ1) is 39.6. The molecule has 0 bridgehead atoms. The molecule has 1 unspecified atom stereocenters. The molecule has 0 amide bonds. The molecule has 12 rings (SSSR count). The summed E-state index contributed by atoms with van der Waals surface area (Å²) >= 11 is 0. The van der Waals surface area contributed by atoms with Crippen molar-refractivity contribution < 1.29 is 0 Å². The van der Waals surface area contributed by atoms with Crippen LogP contribution in [0.1, 0.15) is 93.2 Å². The Morgan fingerprint density at radius 3 is 1.48 bits per heavy atom. The lowest BCUT2D eigenvalue weighted by molar-refractivity contribution is 0.660. The van der Waals surface area contributed by atoms with Crippen LogP contribution in [0.15, 0.2) is 194 Å². The molecule has 0 spiro atoms. The summed E-state index contributed by atoms with van der Waals surface area (Å²) in [6.07, 6.45) is 10.1. The van der Waals surface area contributed by atoms with Crippen LogP contribution in [0.2, 0.25) is 0 Å². The smallest absolute Gasteiger partial charge is 0.0159 e. The second-order valence-corrected chi connectivity index (χ2v) is 20.1. The molecular weight excluding hydrogens is 781 g/mol. The van der Waals surface area contributed by atoms with Crippen LogP contribution in [0.25, 0.3) is 88.3 Å². The van der Waals surface area contributed by atoms with Crippen molar-refractivity contribution in [2.45, 2.75) is 70.6 Å². The molecule has 1 atom stereocenters. The Hall–Kier alpha value is -7.02. The van der Waals surface area contributed by atoms with Crippen LogP contribution in [-0.4, -0.2) is 0 Å². The van der Waals surface area contributed by atoms with Crippen LogP contribution < -0.4 is 0 Å². The lowest BCUT2D eigenvalue weighted by Gasteiger charge is -2.23. The summed E-state index contributed by atoms with van der Waals surface area (Å²) in [7, 11) is 0. The molecule has 0 heteroatoms. The highest BCUT2D eigenvalue weighted by Crippen LogP contribution is 2.52. The Kier molecular flexibility index (Phi) is 8.99. The summed E-state index contributed by atoms with van der Waals surface area (Å²) in [5.41, 5.74) is 23.9. The maximum absolute atomic E-state index is 2.51. The molecule has 0 fully saturated rings. The van der Waals surface area contributed by atoms with E-state index in [1.807, 2.05) is 0 Å². The molecule has 3 aliphatic carbocycles. The molecule has 0 aliphatic heterocycles. The largest absolute Gasteiger partial charge is 0.0836 e. The SMILES string of the molecule is CC(C)c1cc(-c2c3ccccc3c(-c3ccc(-c4ccc5c(c4)C(C)(C)c4ccccc4-5)cc3)c3ccc(-c4ccc5c(c4)C(C)(C)c4ccccc4-5)cc23)ccc1C1C=CC=CC1. The number of allylic oxidation sites excluding steroid dienone is 4. The third-order valence-corrected chi connectivity index (χ3v) is 15.4. The van der Waals surface area contributed by atoms with E-state index in [2.05, 4.69) is 236 Å². The van der Waals surface area contributed by atoms with Gasteiger partial charge in [-0.25, -0.2) is 0 Å². The van der Waals surface area contributed by atoms with Crippen molar-refractivity contribution >= 4 is 21.5 Å². The van der Waals surface area contributed by atoms with E-state index >= 15 is 0 Å². The van der Waals surface area contributed by atoms with Crippen LogP contribution in [0, 0.1) is 0 Å². The number of hydrogen-bond donors (Lipinski definition) is 0. The Labute approximate surface area is 384 Å². The summed E-state index contributed by atoms with van der Waals surface area (Å²) in [4.78, 5) is 0. The molecule has 0 nitrogen and oxygen atoms in total. The van der Waals surface area contributed by atoms with Gasteiger partial charge >= 0.3 is 0 Å². The molecule has 0 radical (unpaired) electrons. The van der Waals surface area contributed by atoms with E-state index in [-0.39, 0.29) is 10.8 Å². The molecule has 0 heterocycles. The van der Waals surface area contributed by atoms with E-state index < -0.39 is 0 Å². The zero-order valence-electron chi connectivity index (χ0n) is 38.3. The van der Waals surface area contributed by atoms with Crippen LogP contribution in [0.3, 0.4) is 0 Å². The molecular formula is C65H54. The van der Waals surface area contributed by atoms with Crippen molar-refractivity contribution in [1.29, 1.82) is 0 Å². The summed E-state index contributed by atoms with van der Waals surface area (Å²) < 4.78 is 0. The van der Waals surface area contributed by atoms with Crippen LogP contribution in [-0.2, 0) is 10.8 Å². The van der Waals surface area contributed by atoms with Gasteiger partial charge in [-0.15, -0.1) is 0 Å². The Morgan fingerprint density at radius 2 is 0.877 bits per heavy atom. The fourth-order valence-corrected chi connectivity index (χ4v) is 12.0. The first-order valence-corrected chi connectivity index (χ1v) is 23.6. The van der Waals surface area contributed by atoms with Gasteiger partial charge in [0.05, 0.1) is 0 Å². The second kappa shape index (κ2) is 14.8. The van der Waals surface area contributed by atoms with Crippen molar-refractivity contribution in [3.63, 3.8) is 0 Å². The highest BCUT2D eigenvalue weighted by atomic mass is 14.4. The Morgan fingerprint density at radius 1 is 0.400 bits per heavy atom. The van der Waals surface area contributed by atoms with Crippen molar-refractivity contribution in [2.24, 2.45) is 0 Å². The highest BCUT2D eigenvalue weighted by Gasteiger charge is 2.36. The van der Waals surface area contributed by atoms with Gasteiger partial charge < -0.3 is 0 Å². The average molecular weight is 835 g/mol. The van der Waals surface area contributed by atoms with E-state index in [1.54, 1.807) is 0 Å². The maximum Gasteiger partial charge on any atom is 0.0159 e. The molecule has 0 N–H and O–H groups in total. The zero-order valence-corrected chi connectivity index (χ0v) is 38.3. The first-order chi connectivity index (χ1) is 31.6. The van der Waals surface area contributed by atoms with E-state index in [1.165, 1.54) is 122 Å². The van der Waals surface area contributed by atoms with Gasteiger partial charge in [0.2, 0.25) is 0 Å². The lowest BCUT2D eigenvalue weighted by Crippen LogP contribution is -2.14. The van der Waals surface area contributed by atoms with Gasteiger partial charge in [0.25, 0.3) is 0 Å². The van der Waals surface area contributed by atoms with Crippen molar-refractivity contribution in [1.82, 2.24) is 0 Å². The number of benzene rings is 9.